The number of hydrogen-bond acceptors (Lipinski definition) is 2. The molecule has 0 aliphatic heterocycles. The van der Waals surface area contributed by atoms with E-state index < -0.39 is 0 Å². The first-order valence-corrected chi connectivity index (χ1v) is 7.25. The SMILES string of the molecule is C=C(C)C(=O)OCC1(C)C(C)C1C(C)c1ccccc1. The van der Waals surface area contributed by atoms with E-state index in [1.165, 1.54) is 5.56 Å². The number of esters is 1. The number of ether oxygens (including phenoxy) is 1. The van der Waals surface area contributed by atoms with Crippen LogP contribution < -0.4 is 0 Å². The first kappa shape index (κ1) is 14.8. The summed E-state index contributed by atoms with van der Waals surface area (Å²) in [5, 5.41) is 0. The van der Waals surface area contributed by atoms with E-state index >= 15 is 0 Å². The minimum atomic E-state index is -0.281. The molecule has 0 aromatic heterocycles. The lowest BCUT2D eigenvalue weighted by Gasteiger charge is -2.17. The van der Waals surface area contributed by atoms with Gasteiger partial charge in [-0.1, -0.05) is 57.7 Å². The molecule has 1 aromatic rings. The monoisotopic (exact) mass is 272 g/mol. The van der Waals surface area contributed by atoms with E-state index in [1.54, 1.807) is 6.92 Å². The third-order valence-corrected chi connectivity index (χ3v) is 4.96. The maximum atomic E-state index is 11.5. The largest absolute Gasteiger partial charge is 0.462 e. The molecule has 2 rings (SSSR count). The van der Waals surface area contributed by atoms with Crippen molar-refractivity contribution in [1.29, 1.82) is 0 Å². The summed E-state index contributed by atoms with van der Waals surface area (Å²) in [4.78, 5) is 11.5. The van der Waals surface area contributed by atoms with E-state index in [0.29, 0.717) is 29.9 Å². The summed E-state index contributed by atoms with van der Waals surface area (Å²) in [5.74, 6) is 1.33. The van der Waals surface area contributed by atoms with Crippen LogP contribution in [0, 0.1) is 17.3 Å². The van der Waals surface area contributed by atoms with Gasteiger partial charge in [-0.3, -0.25) is 0 Å². The Morgan fingerprint density at radius 3 is 2.55 bits per heavy atom. The zero-order valence-corrected chi connectivity index (χ0v) is 12.8. The molecule has 1 fully saturated rings. The summed E-state index contributed by atoms with van der Waals surface area (Å²) in [7, 11) is 0. The van der Waals surface area contributed by atoms with Gasteiger partial charge in [-0.05, 0) is 30.2 Å². The topological polar surface area (TPSA) is 26.3 Å². The van der Waals surface area contributed by atoms with Crippen LogP contribution in [-0.2, 0) is 9.53 Å². The zero-order valence-electron chi connectivity index (χ0n) is 12.8. The van der Waals surface area contributed by atoms with Gasteiger partial charge in [0.1, 0.15) is 0 Å². The molecule has 0 radical (unpaired) electrons. The minimum Gasteiger partial charge on any atom is -0.462 e. The molecule has 1 aromatic carbocycles. The molecule has 0 spiro atoms. The summed E-state index contributed by atoms with van der Waals surface area (Å²) in [6, 6.07) is 10.6. The molecule has 1 aliphatic carbocycles. The summed E-state index contributed by atoms with van der Waals surface area (Å²) in [6.45, 7) is 12.5. The van der Waals surface area contributed by atoms with Crippen molar-refractivity contribution in [1.82, 2.24) is 0 Å². The smallest absolute Gasteiger partial charge is 0.333 e. The molecule has 0 heterocycles. The second-order valence-electron chi connectivity index (χ2n) is 6.38. The van der Waals surface area contributed by atoms with Crippen molar-refractivity contribution < 1.29 is 9.53 Å². The Bertz CT molecular complexity index is 505. The normalized spacial score (nSPS) is 29.6. The molecule has 1 saturated carbocycles. The van der Waals surface area contributed by atoms with Crippen molar-refractivity contribution in [3.8, 4) is 0 Å². The quantitative estimate of drug-likeness (QED) is 0.593. The van der Waals surface area contributed by atoms with Crippen LogP contribution in [0.2, 0.25) is 0 Å². The Morgan fingerprint density at radius 2 is 2.00 bits per heavy atom. The van der Waals surface area contributed by atoms with E-state index in [1.807, 2.05) is 6.07 Å². The van der Waals surface area contributed by atoms with Crippen LogP contribution in [-0.4, -0.2) is 12.6 Å². The van der Waals surface area contributed by atoms with Crippen LogP contribution in [0.25, 0.3) is 0 Å². The lowest BCUT2D eigenvalue weighted by atomic mass is 9.91. The number of benzene rings is 1. The Morgan fingerprint density at radius 1 is 1.40 bits per heavy atom. The van der Waals surface area contributed by atoms with Gasteiger partial charge in [0, 0.05) is 11.0 Å². The van der Waals surface area contributed by atoms with E-state index in [-0.39, 0.29) is 11.4 Å². The molecular weight excluding hydrogens is 248 g/mol. The van der Waals surface area contributed by atoms with Crippen LogP contribution in [0.5, 0.6) is 0 Å². The van der Waals surface area contributed by atoms with Gasteiger partial charge in [0.15, 0.2) is 0 Å². The highest BCUT2D eigenvalue weighted by atomic mass is 16.5. The molecule has 4 unspecified atom stereocenters. The highest BCUT2D eigenvalue weighted by Crippen LogP contribution is 2.64. The zero-order chi connectivity index (χ0) is 14.9. The average molecular weight is 272 g/mol. The highest BCUT2D eigenvalue weighted by Gasteiger charge is 2.61. The number of rotatable bonds is 5. The molecule has 1 aliphatic rings. The summed E-state index contributed by atoms with van der Waals surface area (Å²) in [5.41, 5.74) is 1.91. The highest BCUT2D eigenvalue weighted by molar-refractivity contribution is 5.86. The van der Waals surface area contributed by atoms with Crippen molar-refractivity contribution in [2.45, 2.75) is 33.6 Å². The van der Waals surface area contributed by atoms with Crippen LogP contribution in [0.1, 0.15) is 39.2 Å². The maximum absolute atomic E-state index is 11.5. The fourth-order valence-electron chi connectivity index (χ4n) is 3.38. The Kier molecular flexibility index (Phi) is 4.03. The van der Waals surface area contributed by atoms with Gasteiger partial charge in [0.25, 0.3) is 0 Å². The summed E-state index contributed by atoms with van der Waals surface area (Å²) < 4.78 is 5.38. The molecule has 0 amide bonds. The third kappa shape index (κ3) is 2.65. The van der Waals surface area contributed by atoms with E-state index in [0.717, 1.165) is 0 Å². The maximum Gasteiger partial charge on any atom is 0.333 e. The standard InChI is InChI=1S/C18H24O2/c1-12(2)17(19)20-11-18(5)14(4)16(18)13(3)15-9-7-6-8-10-15/h6-10,13-14,16H,1,11H2,2-5H3. The predicted octanol–water partition coefficient (Wildman–Crippen LogP) is 4.18. The summed E-state index contributed by atoms with van der Waals surface area (Å²) in [6.07, 6.45) is 0. The lowest BCUT2D eigenvalue weighted by Crippen LogP contribution is -2.16. The van der Waals surface area contributed by atoms with Gasteiger partial charge in [0.05, 0.1) is 6.61 Å². The number of carbonyl (C=O) groups excluding carboxylic acids is 1. The van der Waals surface area contributed by atoms with E-state index in [9.17, 15) is 4.79 Å². The molecule has 0 N–H and O–H groups in total. The Hall–Kier alpha value is -1.57. The van der Waals surface area contributed by atoms with Crippen molar-refractivity contribution in [2.75, 3.05) is 6.61 Å². The van der Waals surface area contributed by atoms with Crippen LogP contribution in [0.3, 0.4) is 0 Å². The van der Waals surface area contributed by atoms with Crippen LogP contribution >= 0.6 is 0 Å². The second kappa shape index (κ2) is 5.43. The summed E-state index contributed by atoms with van der Waals surface area (Å²) >= 11 is 0. The molecule has 4 atom stereocenters. The minimum absolute atomic E-state index is 0.0837. The Balaban J connectivity index is 2.01. The molecule has 20 heavy (non-hydrogen) atoms. The molecule has 2 nitrogen and oxygen atoms in total. The van der Waals surface area contributed by atoms with Gasteiger partial charge in [0.2, 0.25) is 0 Å². The number of carbonyl (C=O) groups is 1. The lowest BCUT2D eigenvalue weighted by molar-refractivity contribution is -0.140. The molecule has 0 saturated heterocycles. The van der Waals surface area contributed by atoms with Crippen molar-refractivity contribution in [2.24, 2.45) is 17.3 Å². The first-order valence-electron chi connectivity index (χ1n) is 7.25. The van der Waals surface area contributed by atoms with E-state index in [2.05, 4.69) is 51.6 Å². The van der Waals surface area contributed by atoms with Gasteiger partial charge >= 0.3 is 5.97 Å². The molecule has 108 valence electrons. The predicted molar refractivity (Wildman–Crippen MR) is 81.4 cm³/mol. The Labute approximate surface area is 121 Å². The van der Waals surface area contributed by atoms with Gasteiger partial charge in [-0.15, -0.1) is 0 Å². The van der Waals surface area contributed by atoms with Gasteiger partial charge in [-0.25, -0.2) is 4.79 Å². The average Bonchev–Trinajstić information content (AvgIpc) is 2.98. The fraction of sp³-hybridized carbons (Fsp3) is 0.500. The number of hydrogen-bond donors (Lipinski definition) is 0. The van der Waals surface area contributed by atoms with Crippen LogP contribution in [0.15, 0.2) is 42.5 Å². The van der Waals surface area contributed by atoms with Crippen molar-refractivity contribution in [3.05, 3.63) is 48.0 Å². The third-order valence-electron chi connectivity index (χ3n) is 4.96. The molecule has 2 heteroatoms. The second-order valence-corrected chi connectivity index (χ2v) is 6.38. The van der Waals surface area contributed by atoms with Gasteiger partial charge < -0.3 is 4.74 Å². The first-order chi connectivity index (χ1) is 9.38. The fourth-order valence-corrected chi connectivity index (χ4v) is 3.38. The van der Waals surface area contributed by atoms with Crippen molar-refractivity contribution >= 4 is 5.97 Å². The van der Waals surface area contributed by atoms with Gasteiger partial charge in [-0.2, -0.15) is 0 Å². The molecule has 0 bridgehead atoms. The molecular formula is C18H24O2. The van der Waals surface area contributed by atoms with Crippen LogP contribution in [0.4, 0.5) is 0 Å². The van der Waals surface area contributed by atoms with E-state index in [4.69, 9.17) is 4.74 Å². The van der Waals surface area contributed by atoms with Crippen molar-refractivity contribution in [3.63, 3.8) is 0 Å².